The lowest BCUT2D eigenvalue weighted by Gasteiger charge is -2.19. The van der Waals surface area contributed by atoms with Crippen LogP contribution in [0.25, 0.3) is 0 Å². The molecule has 2 rings (SSSR count). The molecular formula is C24H30N4O5. The number of ether oxygens (including phenoxy) is 1. The van der Waals surface area contributed by atoms with E-state index in [1.54, 1.807) is 69.3 Å². The van der Waals surface area contributed by atoms with Gasteiger partial charge < -0.3 is 26.0 Å². The molecule has 0 aliphatic carbocycles. The van der Waals surface area contributed by atoms with Gasteiger partial charge in [0, 0.05) is 43.4 Å². The number of alkyl carbamates (subject to hydrolysis) is 1. The zero-order chi connectivity index (χ0) is 24.4. The molecule has 0 aromatic heterocycles. The van der Waals surface area contributed by atoms with Gasteiger partial charge in [0.15, 0.2) is 0 Å². The van der Waals surface area contributed by atoms with Crippen molar-refractivity contribution in [2.24, 2.45) is 0 Å². The van der Waals surface area contributed by atoms with Crippen molar-refractivity contribution in [3.8, 4) is 0 Å². The highest BCUT2D eigenvalue weighted by Gasteiger charge is 2.16. The largest absolute Gasteiger partial charge is 0.444 e. The van der Waals surface area contributed by atoms with E-state index in [1.165, 1.54) is 6.92 Å². The zero-order valence-electron chi connectivity index (χ0n) is 19.3. The molecule has 4 amide bonds. The molecule has 0 saturated heterocycles. The van der Waals surface area contributed by atoms with E-state index in [0.29, 0.717) is 16.9 Å². The molecule has 0 fully saturated rings. The highest BCUT2D eigenvalue weighted by atomic mass is 16.6. The third-order valence-electron chi connectivity index (χ3n) is 4.20. The number of benzene rings is 2. The second-order valence-corrected chi connectivity index (χ2v) is 8.33. The lowest BCUT2D eigenvalue weighted by molar-refractivity contribution is -0.116. The van der Waals surface area contributed by atoms with Crippen LogP contribution in [0.15, 0.2) is 48.5 Å². The third-order valence-corrected chi connectivity index (χ3v) is 4.20. The van der Waals surface area contributed by atoms with Crippen molar-refractivity contribution >= 4 is 35.2 Å². The van der Waals surface area contributed by atoms with E-state index < -0.39 is 11.7 Å². The topological polar surface area (TPSA) is 126 Å². The molecule has 2 aromatic carbocycles. The van der Waals surface area contributed by atoms with Gasteiger partial charge in [0.05, 0.1) is 0 Å². The van der Waals surface area contributed by atoms with Crippen LogP contribution in [-0.4, -0.2) is 36.0 Å². The van der Waals surface area contributed by atoms with Crippen LogP contribution in [-0.2, 0) is 20.9 Å². The molecule has 9 nitrogen and oxygen atoms in total. The van der Waals surface area contributed by atoms with Crippen LogP contribution in [0.4, 0.5) is 16.2 Å². The summed E-state index contributed by atoms with van der Waals surface area (Å²) in [5.41, 5.74) is 1.60. The van der Waals surface area contributed by atoms with Gasteiger partial charge in [-0.3, -0.25) is 14.4 Å². The number of para-hydroxylation sites is 1. The number of carbonyl (C=O) groups excluding carboxylic acids is 4. The minimum absolute atomic E-state index is 0.0654. The summed E-state index contributed by atoms with van der Waals surface area (Å²) in [6.07, 6.45) is -0.517. The normalized spacial score (nSPS) is 10.7. The van der Waals surface area contributed by atoms with Crippen molar-refractivity contribution < 1.29 is 23.9 Å². The Balaban J connectivity index is 1.89. The molecule has 0 radical (unpaired) electrons. The van der Waals surface area contributed by atoms with Crippen molar-refractivity contribution in [2.45, 2.75) is 46.3 Å². The molecule has 176 valence electrons. The van der Waals surface area contributed by atoms with E-state index in [9.17, 15) is 19.2 Å². The fourth-order valence-corrected chi connectivity index (χ4v) is 2.82. The Morgan fingerprint density at radius 2 is 1.64 bits per heavy atom. The van der Waals surface area contributed by atoms with Gasteiger partial charge in [0.1, 0.15) is 5.60 Å². The maximum atomic E-state index is 12.5. The molecule has 0 saturated carbocycles. The second-order valence-electron chi connectivity index (χ2n) is 8.33. The number of rotatable bonds is 8. The lowest BCUT2D eigenvalue weighted by atomic mass is 10.1. The van der Waals surface area contributed by atoms with E-state index in [4.69, 9.17) is 4.74 Å². The summed E-state index contributed by atoms with van der Waals surface area (Å²) in [4.78, 5) is 47.7. The van der Waals surface area contributed by atoms with Gasteiger partial charge >= 0.3 is 6.09 Å². The monoisotopic (exact) mass is 454 g/mol. The van der Waals surface area contributed by atoms with Gasteiger partial charge in [-0.2, -0.15) is 0 Å². The SMILES string of the molecule is CC(=O)Nc1cccc(C(=O)NCc2ccccc2NC(=O)CCNC(=O)OC(C)(C)C)c1. The molecule has 2 aromatic rings. The van der Waals surface area contributed by atoms with Gasteiger partial charge in [0.2, 0.25) is 11.8 Å². The Kier molecular flexibility index (Phi) is 8.97. The van der Waals surface area contributed by atoms with Crippen LogP contribution >= 0.6 is 0 Å². The Labute approximate surface area is 193 Å². The Bertz CT molecular complexity index is 1010. The fourth-order valence-electron chi connectivity index (χ4n) is 2.82. The number of amides is 4. The summed E-state index contributed by atoms with van der Waals surface area (Å²) in [7, 11) is 0. The summed E-state index contributed by atoms with van der Waals surface area (Å²) in [6, 6.07) is 13.7. The predicted molar refractivity (Wildman–Crippen MR) is 126 cm³/mol. The van der Waals surface area contributed by atoms with Gasteiger partial charge in [-0.15, -0.1) is 0 Å². The van der Waals surface area contributed by atoms with Crippen LogP contribution < -0.4 is 21.3 Å². The fraction of sp³-hybridized carbons (Fsp3) is 0.333. The molecule has 4 N–H and O–H groups in total. The number of nitrogens with one attached hydrogen (secondary N) is 4. The zero-order valence-corrected chi connectivity index (χ0v) is 19.3. The molecule has 0 spiro atoms. The van der Waals surface area contributed by atoms with Crippen LogP contribution in [0, 0.1) is 0 Å². The Hall–Kier alpha value is -3.88. The highest BCUT2D eigenvalue weighted by Crippen LogP contribution is 2.16. The standard InChI is InChI=1S/C24H30N4O5/c1-16(29)27-19-10-7-9-17(14-19)22(31)26-15-18-8-5-6-11-20(18)28-21(30)12-13-25-23(32)33-24(2,3)4/h5-11,14H,12-13,15H2,1-4H3,(H,25,32)(H,26,31)(H,27,29)(H,28,30). The summed E-state index contributed by atoms with van der Waals surface area (Å²) in [5, 5.41) is 10.8. The highest BCUT2D eigenvalue weighted by molar-refractivity contribution is 5.97. The first kappa shape index (κ1) is 25.4. The minimum atomic E-state index is -0.610. The van der Waals surface area contributed by atoms with Crippen molar-refractivity contribution in [2.75, 3.05) is 17.2 Å². The maximum Gasteiger partial charge on any atom is 0.407 e. The first-order valence-electron chi connectivity index (χ1n) is 10.5. The van der Waals surface area contributed by atoms with Crippen molar-refractivity contribution in [1.29, 1.82) is 0 Å². The van der Waals surface area contributed by atoms with E-state index in [-0.39, 0.29) is 37.2 Å². The molecule has 0 unspecified atom stereocenters. The second kappa shape index (κ2) is 11.7. The molecule has 9 heteroatoms. The quantitative estimate of drug-likeness (QED) is 0.486. The van der Waals surface area contributed by atoms with Crippen LogP contribution in [0.2, 0.25) is 0 Å². The summed E-state index contributed by atoms with van der Waals surface area (Å²) in [5.74, 6) is -0.823. The van der Waals surface area contributed by atoms with Crippen molar-refractivity contribution in [3.05, 3.63) is 59.7 Å². The van der Waals surface area contributed by atoms with E-state index in [2.05, 4.69) is 21.3 Å². The Morgan fingerprint density at radius 3 is 2.33 bits per heavy atom. The average molecular weight is 455 g/mol. The van der Waals surface area contributed by atoms with Gasteiger partial charge in [0.25, 0.3) is 5.91 Å². The van der Waals surface area contributed by atoms with Gasteiger partial charge in [-0.1, -0.05) is 24.3 Å². The summed E-state index contributed by atoms with van der Waals surface area (Å²) in [6.45, 7) is 6.99. The van der Waals surface area contributed by atoms with Crippen LogP contribution in [0.5, 0.6) is 0 Å². The van der Waals surface area contributed by atoms with E-state index in [0.717, 1.165) is 5.56 Å². The number of hydrogen-bond donors (Lipinski definition) is 4. The predicted octanol–water partition coefficient (Wildman–Crippen LogP) is 3.43. The minimum Gasteiger partial charge on any atom is -0.444 e. The smallest absolute Gasteiger partial charge is 0.407 e. The molecule has 33 heavy (non-hydrogen) atoms. The molecule has 0 aliphatic rings. The molecular weight excluding hydrogens is 424 g/mol. The number of hydrogen-bond acceptors (Lipinski definition) is 5. The molecule has 0 atom stereocenters. The number of anilines is 2. The molecule has 0 heterocycles. The Morgan fingerprint density at radius 1 is 0.909 bits per heavy atom. The molecule has 0 aliphatic heterocycles. The lowest BCUT2D eigenvalue weighted by Crippen LogP contribution is -2.34. The third kappa shape index (κ3) is 9.42. The molecule has 0 bridgehead atoms. The first-order valence-corrected chi connectivity index (χ1v) is 10.5. The van der Waals surface area contributed by atoms with E-state index >= 15 is 0 Å². The van der Waals surface area contributed by atoms with Crippen LogP contribution in [0.3, 0.4) is 0 Å². The maximum absolute atomic E-state index is 12.5. The summed E-state index contributed by atoms with van der Waals surface area (Å²) >= 11 is 0. The van der Waals surface area contributed by atoms with Crippen molar-refractivity contribution in [3.63, 3.8) is 0 Å². The van der Waals surface area contributed by atoms with Crippen molar-refractivity contribution in [1.82, 2.24) is 10.6 Å². The summed E-state index contributed by atoms with van der Waals surface area (Å²) < 4.78 is 5.13. The number of carbonyl (C=O) groups is 4. The van der Waals surface area contributed by atoms with Crippen LogP contribution in [0.1, 0.15) is 50.0 Å². The van der Waals surface area contributed by atoms with E-state index in [1.807, 2.05) is 0 Å². The first-order chi connectivity index (χ1) is 15.5. The van der Waals surface area contributed by atoms with Gasteiger partial charge in [-0.05, 0) is 50.6 Å². The van der Waals surface area contributed by atoms with Gasteiger partial charge in [-0.25, -0.2) is 4.79 Å². The average Bonchev–Trinajstić information content (AvgIpc) is 2.71.